The third-order valence-electron chi connectivity index (χ3n) is 4.77. The number of hydrogen-bond donors (Lipinski definition) is 2. The topological polar surface area (TPSA) is 100 Å². The van der Waals surface area contributed by atoms with Crippen LogP contribution in [0.3, 0.4) is 0 Å². The maximum atomic E-state index is 12.7. The fourth-order valence-corrected chi connectivity index (χ4v) is 3.62. The predicted molar refractivity (Wildman–Crippen MR) is 89.6 cm³/mol. The van der Waals surface area contributed by atoms with Gasteiger partial charge in [-0.05, 0) is 31.0 Å². The Hall–Kier alpha value is -2.90. The van der Waals surface area contributed by atoms with Gasteiger partial charge in [0.25, 0.3) is 0 Å². The van der Waals surface area contributed by atoms with Gasteiger partial charge in [-0.2, -0.15) is 0 Å². The molecule has 0 spiro atoms. The Balaban J connectivity index is 1.51. The van der Waals surface area contributed by atoms with Crippen LogP contribution >= 0.6 is 0 Å². The largest absolute Gasteiger partial charge is 0.423 e. The zero-order valence-corrected chi connectivity index (χ0v) is 13.6. The number of rotatable bonds is 2. The second-order valence-electron chi connectivity index (χ2n) is 6.41. The first kappa shape index (κ1) is 15.6. The highest BCUT2D eigenvalue weighted by Crippen LogP contribution is 2.27. The van der Waals surface area contributed by atoms with Crippen molar-refractivity contribution < 1.29 is 14.0 Å². The Bertz CT molecular complexity index is 776. The molecule has 25 heavy (non-hydrogen) atoms. The number of benzene rings is 1. The molecule has 1 aliphatic heterocycles. The maximum absolute atomic E-state index is 12.7. The van der Waals surface area contributed by atoms with Gasteiger partial charge < -0.3 is 20.0 Å². The van der Waals surface area contributed by atoms with E-state index in [-0.39, 0.29) is 30.6 Å². The molecule has 0 bridgehead atoms. The summed E-state index contributed by atoms with van der Waals surface area (Å²) in [5.41, 5.74) is 1.35. The van der Waals surface area contributed by atoms with Gasteiger partial charge in [0.2, 0.25) is 18.2 Å². The highest BCUT2D eigenvalue weighted by atomic mass is 16.4. The summed E-state index contributed by atoms with van der Waals surface area (Å²) >= 11 is 0. The molecule has 0 radical (unpaired) electrons. The van der Waals surface area contributed by atoms with E-state index in [1.807, 2.05) is 12.1 Å². The van der Waals surface area contributed by atoms with Crippen molar-refractivity contribution in [3.05, 3.63) is 30.7 Å². The normalized spacial score (nSPS) is 22.9. The molecule has 2 fully saturated rings. The summed E-state index contributed by atoms with van der Waals surface area (Å²) < 4.78 is 5.18. The Labute approximate surface area is 144 Å². The lowest BCUT2D eigenvalue weighted by atomic mass is 9.87. The lowest BCUT2D eigenvalue weighted by molar-refractivity contribution is -0.126. The Kier molecular flexibility index (Phi) is 4.09. The standard InChI is InChI=1S/C17H19N5O3/c23-15-9-22(14-7-2-1-6-13(14)20-15)17(24)19-12-5-3-4-11(8-12)16-21-18-10-25-16/h3-5,8,10,13-14H,1-2,6-7,9H2,(H,19,24)(H,20,23)/t13-,14+/m1/s1. The van der Waals surface area contributed by atoms with Gasteiger partial charge in [-0.15, -0.1) is 10.2 Å². The highest BCUT2D eigenvalue weighted by Gasteiger charge is 2.38. The SMILES string of the molecule is O=C1CN(C(=O)Nc2cccc(-c3nnco3)c2)[C@H]2CCCC[C@H]2N1. The van der Waals surface area contributed by atoms with Gasteiger partial charge in [-0.1, -0.05) is 18.9 Å². The molecule has 2 aromatic rings. The molecule has 130 valence electrons. The third kappa shape index (κ3) is 3.19. The van der Waals surface area contributed by atoms with Gasteiger partial charge in [0.1, 0.15) is 6.54 Å². The van der Waals surface area contributed by atoms with Gasteiger partial charge in [-0.3, -0.25) is 4.79 Å². The van der Waals surface area contributed by atoms with Crippen molar-refractivity contribution in [2.45, 2.75) is 37.8 Å². The molecule has 1 aromatic carbocycles. The van der Waals surface area contributed by atoms with Crippen molar-refractivity contribution in [3.8, 4) is 11.5 Å². The quantitative estimate of drug-likeness (QED) is 0.870. The van der Waals surface area contributed by atoms with Crippen molar-refractivity contribution in [2.75, 3.05) is 11.9 Å². The lowest BCUT2D eigenvalue weighted by Crippen LogP contribution is -2.63. The van der Waals surface area contributed by atoms with Gasteiger partial charge in [0, 0.05) is 17.3 Å². The van der Waals surface area contributed by atoms with E-state index >= 15 is 0 Å². The molecule has 1 aromatic heterocycles. The zero-order chi connectivity index (χ0) is 17.2. The van der Waals surface area contributed by atoms with E-state index in [2.05, 4.69) is 20.8 Å². The summed E-state index contributed by atoms with van der Waals surface area (Å²) in [5, 5.41) is 13.4. The van der Waals surface area contributed by atoms with Crippen LogP contribution in [0.4, 0.5) is 10.5 Å². The van der Waals surface area contributed by atoms with Crippen LogP contribution in [0.15, 0.2) is 35.1 Å². The lowest BCUT2D eigenvalue weighted by Gasteiger charge is -2.43. The number of nitrogens with zero attached hydrogens (tertiary/aromatic N) is 3. The van der Waals surface area contributed by atoms with Crippen LogP contribution in [0.2, 0.25) is 0 Å². The van der Waals surface area contributed by atoms with Crippen LogP contribution in [-0.4, -0.2) is 45.7 Å². The number of amides is 3. The number of carbonyl (C=O) groups is 2. The van der Waals surface area contributed by atoms with Crippen LogP contribution in [0.25, 0.3) is 11.5 Å². The molecule has 8 heteroatoms. The third-order valence-corrected chi connectivity index (χ3v) is 4.77. The summed E-state index contributed by atoms with van der Waals surface area (Å²) in [6, 6.07) is 7.06. The van der Waals surface area contributed by atoms with E-state index in [0.29, 0.717) is 11.6 Å². The monoisotopic (exact) mass is 341 g/mol. The van der Waals surface area contributed by atoms with Crippen molar-refractivity contribution in [3.63, 3.8) is 0 Å². The molecule has 3 amide bonds. The first-order valence-corrected chi connectivity index (χ1v) is 8.44. The minimum Gasteiger partial charge on any atom is -0.423 e. The molecule has 8 nitrogen and oxygen atoms in total. The molecule has 1 aliphatic carbocycles. The molecule has 2 N–H and O–H groups in total. The zero-order valence-electron chi connectivity index (χ0n) is 13.6. The van der Waals surface area contributed by atoms with Gasteiger partial charge in [0.15, 0.2) is 0 Å². The molecule has 0 unspecified atom stereocenters. The van der Waals surface area contributed by atoms with E-state index in [4.69, 9.17) is 4.42 Å². The number of piperazine rings is 1. The number of fused-ring (bicyclic) bond motifs is 1. The highest BCUT2D eigenvalue weighted by molar-refractivity contribution is 5.94. The molecule has 2 atom stereocenters. The molecule has 1 saturated heterocycles. The number of anilines is 1. The van der Waals surface area contributed by atoms with E-state index in [9.17, 15) is 9.59 Å². The van der Waals surface area contributed by atoms with Crippen molar-refractivity contribution in [2.24, 2.45) is 0 Å². The summed E-state index contributed by atoms with van der Waals surface area (Å²) in [5.74, 6) is 0.290. The number of aromatic nitrogens is 2. The number of nitrogens with one attached hydrogen (secondary N) is 2. The second kappa shape index (κ2) is 6.54. The Morgan fingerprint density at radius 2 is 2.20 bits per heavy atom. The van der Waals surface area contributed by atoms with Gasteiger partial charge in [-0.25, -0.2) is 4.79 Å². The Morgan fingerprint density at radius 1 is 1.32 bits per heavy atom. The minimum atomic E-state index is -0.255. The van der Waals surface area contributed by atoms with Crippen molar-refractivity contribution in [1.29, 1.82) is 0 Å². The van der Waals surface area contributed by atoms with E-state index in [1.54, 1.807) is 17.0 Å². The molecule has 2 aliphatic rings. The van der Waals surface area contributed by atoms with Crippen molar-refractivity contribution >= 4 is 17.6 Å². The average Bonchev–Trinajstić information content (AvgIpc) is 3.16. The van der Waals surface area contributed by atoms with Gasteiger partial charge >= 0.3 is 6.03 Å². The summed E-state index contributed by atoms with van der Waals surface area (Å²) in [6.45, 7) is 0.0936. The predicted octanol–water partition coefficient (Wildman–Crippen LogP) is 2.01. The van der Waals surface area contributed by atoms with Crippen LogP contribution in [0.1, 0.15) is 25.7 Å². The first-order chi connectivity index (χ1) is 12.2. The molecular weight excluding hydrogens is 322 g/mol. The minimum absolute atomic E-state index is 0.0606. The number of hydrogen-bond acceptors (Lipinski definition) is 5. The van der Waals surface area contributed by atoms with Crippen LogP contribution in [0, 0.1) is 0 Å². The summed E-state index contributed by atoms with van der Waals surface area (Å²) in [7, 11) is 0. The fraction of sp³-hybridized carbons (Fsp3) is 0.412. The molecule has 1 saturated carbocycles. The summed E-state index contributed by atoms with van der Waals surface area (Å²) in [4.78, 5) is 26.3. The first-order valence-electron chi connectivity index (χ1n) is 8.44. The summed E-state index contributed by atoms with van der Waals surface area (Å²) in [6.07, 6.45) is 5.26. The average molecular weight is 341 g/mol. The van der Waals surface area contributed by atoms with Gasteiger partial charge in [0.05, 0.1) is 6.04 Å². The van der Waals surface area contributed by atoms with E-state index in [1.165, 1.54) is 6.39 Å². The maximum Gasteiger partial charge on any atom is 0.322 e. The van der Waals surface area contributed by atoms with Crippen LogP contribution in [-0.2, 0) is 4.79 Å². The molecular formula is C17H19N5O3. The van der Waals surface area contributed by atoms with Crippen molar-refractivity contribution in [1.82, 2.24) is 20.4 Å². The Morgan fingerprint density at radius 3 is 3.04 bits per heavy atom. The fourth-order valence-electron chi connectivity index (χ4n) is 3.62. The molecule has 2 heterocycles. The van der Waals surface area contributed by atoms with E-state index in [0.717, 1.165) is 31.2 Å². The number of carbonyl (C=O) groups excluding carboxylic acids is 2. The second-order valence-corrected chi connectivity index (χ2v) is 6.41. The van der Waals surface area contributed by atoms with Crippen LogP contribution < -0.4 is 10.6 Å². The smallest absolute Gasteiger partial charge is 0.322 e. The molecule has 4 rings (SSSR count). The van der Waals surface area contributed by atoms with E-state index < -0.39 is 0 Å². The van der Waals surface area contributed by atoms with Crippen LogP contribution in [0.5, 0.6) is 0 Å². The number of urea groups is 1.